The molecule has 7 heteroatoms. The second kappa shape index (κ2) is 10.2. The standard InChI is InChI=1S/C28H25N5O2/c34-26(30-24-10-6-8-21(18-24)28(35)32-16-4-5-17-32)14-13-23-20-33(25-11-2-1-3-12-25)31-27(23)22-9-7-15-29-19-22/h1-3,6-15,18-20H,4-5,16-17H2,(H,30,34)/b14-13+. The van der Waals surface area contributed by atoms with Crippen molar-refractivity contribution in [1.29, 1.82) is 0 Å². The molecule has 7 nitrogen and oxygen atoms in total. The van der Waals surface area contributed by atoms with Crippen molar-refractivity contribution in [3.8, 4) is 16.9 Å². The van der Waals surface area contributed by atoms with Gasteiger partial charge in [0.15, 0.2) is 0 Å². The third-order valence-electron chi connectivity index (χ3n) is 5.88. The van der Waals surface area contributed by atoms with E-state index in [2.05, 4.69) is 10.3 Å². The van der Waals surface area contributed by atoms with Crippen molar-refractivity contribution in [2.24, 2.45) is 0 Å². The Kier molecular flexibility index (Phi) is 6.48. The number of hydrogen-bond acceptors (Lipinski definition) is 4. The average Bonchev–Trinajstić information content (AvgIpc) is 3.59. The molecule has 5 rings (SSSR count). The van der Waals surface area contributed by atoms with Crippen molar-refractivity contribution >= 4 is 23.6 Å². The summed E-state index contributed by atoms with van der Waals surface area (Å²) in [5.41, 5.74) is 4.45. The van der Waals surface area contributed by atoms with Gasteiger partial charge in [-0.2, -0.15) is 5.10 Å². The van der Waals surface area contributed by atoms with E-state index in [1.807, 2.05) is 53.6 Å². The number of hydrogen-bond donors (Lipinski definition) is 1. The molecule has 0 unspecified atom stereocenters. The smallest absolute Gasteiger partial charge is 0.253 e. The van der Waals surface area contributed by atoms with E-state index in [0.29, 0.717) is 11.3 Å². The van der Waals surface area contributed by atoms with Crippen LogP contribution < -0.4 is 5.32 Å². The van der Waals surface area contributed by atoms with Crippen LogP contribution in [0.4, 0.5) is 5.69 Å². The van der Waals surface area contributed by atoms with Gasteiger partial charge in [0.05, 0.1) is 5.69 Å². The summed E-state index contributed by atoms with van der Waals surface area (Å²) in [4.78, 5) is 31.4. The Morgan fingerprint density at radius 1 is 0.943 bits per heavy atom. The Morgan fingerprint density at radius 2 is 1.77 bits per heavy atom. The van der Waals surface area contributed by atoms with Crippen molar-refractivity contribution in [3.05, 3.63) is 103 Å². The number of aromatic nitrogens is 3. The number of carbonyl (C=O) groups excluding carboxylic acids is 2. The predicted octanol–water partition coefficient (Wildman–Crippen LogP) is 4.82. The van der Waals surface area contributed by atoms with Gasteiger partial charge in [0.1, 0.15) is 5.69 Å². The van der Waals surface area contributed by atoms with Crippen LogP contribution in [0.2, 0.25) is 0 Å². The van der Waals surface area contributed by atoms with Gasteiger partial charge < -0.3 is 10.2 Å². The van der Waals surface area contributed by atoms with Crippen LogP contribution in [0.15, 0.2) is 91.4 Å². The summed E-state index contributed by atoms with van der Waals surface area (Å²) in [6, 6.07) is 20.7. The number of nitrogens with zero attached hydrogens (tertiary/aromatic N) is 4. The lowest BCUT2D eigenvalue weighted by Gasteiger charge is -2.15. The van der Waals surface area contributed by atoms with Gasteiger partial charge in [-0.3, -0.25) is 14.6 Å². The molecule has 2 amide bonds. The number of nitrogens with one attached hydrogen (secondary N) is 1. The molecular weight excluding hydrogens is 438 g/mol. The molecule has 1 saturated heterocycles. The second-order valence-corrected chi connectivity index (χ2v) is 8.36. The van der Waals surface area contributed by atoms with E-state index in [1.165, 1.54) is 6.08 Å². The topological polar surface area (TPSA) is 80.1 Å². The van der Waals surface area contributed by atoms with Crippen molar-refractivity contribution in [2.45, 2.75) is 12.8 Å². The summed E-state index contributed by atoms with van der Waals surface area (Å²) in [6.45, 7) is 1.57. The van der Waals surface area contributed by atoms with Gasteiger partial charge in [-0.15, -0.1) is 0 Å². The molecule has 3 heterocycles. The number of amides is 2. The molecule has 2 aromatic heterocycles. The van der Waals surface area contributed by atoms with Crippen molar-refractivity contribution < 1.29 is 9.59 Å². The predicted molar refractivity (Wildman–Crippen MR) is 136 cm³/mol. The van der Waals surface area contributed by atoms with Crippen LogP contribution in [0, 0.1) is 0 Å². The van der Waals surface area contributed by atoms with E-state index < -0.39 is 0 Å². The van der Waals surface area contributed by atoms with Crippen LogP contribution in [0.3, 0.4) is 0 Å². The van der Waals surface area contributed by atoms with Gasteiger partial charge in [0.25, 0.3) is 5.91 Å². The fourth-order valence-corrected chi connectivity index (χ4v) is 4.13. The van der Waals surface area contributed by atoms with Gasteiger partial charge in [-0.25, -0.2) is 4.68 Å². The maximum Gasteiger partial charge on any atom is 0.253 e. The molecule has 174 valence electrons. The fourth-order valence-electron chi connectivity index (χ4n) is 4.13. The summed E-state index contributed by atoms with van der Waals surface area (Å²) in [7, 11) is 0. The zero-order valence-electron chi connectivity index (χ0n) is 19.2. The summed E-state index contributed by atoms with van der Waals surface area (Å²) in [5, 5.41) is 7.59. The molecule has 1 N–H and O–H groups in total. The van der Waals surface area contributed by atoms with E-state index in [9.17, 15) is 9.59 Å². The molecule has 1 aliphatic rings. The van der Waals surface area contributed by atoms with Crippen LogP contribution in [0.25, 0.3) is 23.0 Å². The highest BCUT2D eigenvalue weighted by molar-refractivity contribution is 6.03. The SMILES string of the molecule is O=C(/C=C/c1cn(-c2ccccc2)nc1-c1cccnc1)Nc1cccc(C(=O)N2CCCC2)c1. The second-order valence-electron chi connectivity index (χ2n) is 8.36. The minimum atomic E-state index is -0.291. The molecule has 0 atom stereocenters. The minimum Gasteiger partial charge on any atom is -0.339 e. The van der Waals surface area contributed by atoms with Crippen LogP contribution in [0.1, 0.15) is 28.8 Å². The van der Waals surface area contributed by atoms with E-state index >= 15 is 0 Å². The van der Waals surface area contributed by atoms with E-state index in [4.69, 9.17) is 5.10 Å². The van der Waals surface area contributed by atoms with Gasteiger partial charge in [0.2, 0.25) is 5.91 Å². The van der Waals surface area contributed by atoms with Gasteiger partial charge in [-0.05, 0) is 61.4 Å². The molecule has 0 aliphatic carbocycles. The number of carbonyl (C=O) groups is 2. The first kappa shape index (κ1) is 22.3. The van der Waals surface area contributed by atoms with Gasteiger partial charge in [-0.1, -0.05) is 24.3 Å². The molecule has 1 fully saturated rings. The van der Waals surface area contributed by atoms with Crippen LogP contribution >= 0.6 is 0 Å². The third-order valence-corrected chi connectivity index (χ3v) is 5.88. The Labute approximate surface area is 203 Å². The number of anilines is 1. The molecule has 0 radical (unpaired) electrons. The highest BCUT2D eigenvalue weighted by Crippen LogP contribution is 2.24. The van der Waals surface area contributed by atoms with Gasteiger partial charge in [0, 0.05) is 60.1 Å². The van der Waals surface area contributed by atoms with E-state index in [1.54, 1.807) is 47.4 Å². The average molecular weight is 464 g/mol. The lowest BCUT2D eigenvalue weighted by Crippen LogP contribution is -2.27. The van der Waals surface area contributed by atoms with Crippen LogP contribution in [0.5, 0.6) is 0 Å². The Hall–Kier alpha value is -4.52. The first-order valence-corrected chi connectivity index (χ1v) is 11.6. The number of likely N-dealkylation sites (tertiary alicyclic amines) is 1. The molecule has 35 heavy (non-hydrogen) atoms. The largest absolute Gasteiger partial charge is 0.339 e. The summed E-state index contributed by atoms with van der Waals surface area (Å²) < 4.78 is 1.79. The molecule has 1 aliphatic heterocycles. The van der Waals surface area contributed by atoms with Crippen molar-refractivity contribution in [1.82, 2.24) is 19.7 Å². The number of benzene rings is 2. The molecular formula is C28H25N5O2. The normalized spacial score (nSPS) is 13.3. The van der Waals surface area contributed by atoms with Crippen molar-refractivity contribution in [2.75, 3.05) is 18.4 Å². The monoisotopic (exact) mass is 463 g/mol. The summed E-state index contributed by atoms with van der Waals surface area (Å²) in [6.07, 6.45) is 10.6. The number of para-hydroxylation sites is 1. The Bertz CT molecular complexity index is 1360. The van der Waals surface area contributed by atoms with Gasteiger partial charge >= 0.3 is 0 Å². The van der Waals surface area contributed by atoms with E-state index in [-0.39, 0.29) is 11.8 Å². The quantitative estimate of drug-likeness (QED) is 0.416. The Morgan fingerprint density at radius 3 is 2.54 bits per heavy atom. The molecule has 0 spiro atoms. The molecule has 0 bridgehead atoms. The minimum absolute atomic E-state index is 0.00331. The zero-order valence-corrected chi connectivity index (χ0v) is 19.2. The highest BCUT2D eigenvalue weighted by atomic mass is 16.2. The first-order valence-electron chi connectivity index (χ1n) is 11.6. The molecule has 4 aromatic rings. The lowest BCUT2D eigenvalue weighted by molar-refractivity contribution is -0.111. The van der Waals surface area contributed by atoms with Crippen LogP contribution in [-0.2, 0) is 4.79 Å². The number of rotatable bonds is 6. The molecule has 2 aromatic carbocycles. The first-order chi connectivity index (χ1) is 17.2. The van der Waals surface area contributed by atoms with Crippen LogP contribution in [-0.4, -0.2) is 44.6 Å². The maximum absolute atomic E-state index is 12.7. The zero-order chi connectivity index (χ0) is 24.0. The summed E-state index contributed by atoms with van der Waals surface area (Å²) >= 11 is 0. The van der Waals surface area contributed by atoms with E-state index in [0.717, 1.165) is 48.4 Å². The highest BCUT2D eigenvalue weighted by Gasteiger charge is 2.19. The third kappa shape index (κ3) is 5.19. The fraction of sp³-hybridized carbons (Fsp3) is 0.143. The van der Waals surface area contributed by atoms with Crippen molar-refractivity contribution in [3.63, 3.8) is 0 Å². The molecule has 0 saturated carbocycles. The number of pyridine rings is 1. The maximum atomic E-state index is 12.7. The lowest BCUT2D eigenvalue weighted by atomic mass is 10.1. The Balaban J connectivity index is 1.36. The summed E-state index contributed by atoms with van der Waals surface area (Å²) in [5.74, 6) is -0.288.